The molecule has 0 aliphatic heterocycles. The van der Waals surface area contributed by atoms with E-state index in [1.165, 1.54) is 0 Å². The quantitative estimate of drug-likeness (QED) is 0.523. The Kier molecular flexibility index (Phi) is 4.39. The topological polar surface area (TPSA) is 3.24 Å². The highest BCUT2D eigenvalue weighted by atomic mass is 15.1. The number of rotatable bonds is 5. The minimum atomic E-state index is 1.08. The summed E-state index contributed by atoms with van der Waals surface area (Å²) >= 11 is 0. The van der Waals surface area contributed by atoms with Crippen LogP contribution in [0.25, 0.3) is 12.2 Å². The maximum atomic E-state index is 4.00. The van der Waals surface area contributed by atoms with E-state index in [2.05, 4.69) is 84.8 Å². The Balaban J connectivity index is 2.25. The molecule has 23 heavy (non-hydrogen) atoms. The van der Waals surface area contributed by atoms with Crippen molar-refractivity contribution in [2.24, 2.45) is 0 Å². The van der Waals surface area contributed by atoms with Gasteiger partial charge in [-0.25, -0.2) is 0 Å². The first-order valence-electron chi connectivity index (χ1n) is 7.63. The average molecular weight is 297 g/mol. The SMILES string of the molecule is C=Cc1cccc(N(c2ccccc2)c2ccccc2)c1C=C. The lowest BCUT2D eigenvalue weighted by atomic mass is 10.0. The van der Waals surface area contributed by atoms with Gasteiger partial charge in [-0.1, -0.05) is 73.8 Å². The molecule has 3 rings (SSSR count). The standard InChI is InChI=1S/C22H19N/c1-3-18-12-11-17-22(21(18)4-2)23(19-13-7-5-8-14-19)20-15-9-6-10-16-20/h3-17H,1-2H2. The molecule has 0 saturated heterocycles. The molecule has 0 heterocycles. The Morgan fingerprint density at radius 2 is 1.17 bits per heavy atom. The van der Waals surface area contributed by atoms with Crippen LogP contribution in [0.1, 0.15) is 11.1 Å². The maximum Gasteiger partial charge on any atom is 0.0539 e. The number of para-hydroxylation sites is 2. The molecule has 1 heteroatoms. The molecule has 0 bridgehead atoms. The van der Waals surface area contributed by atoms with Gasteiger partial charge in [0, 0.05) is 16.9 Å². The van der Waals surface area contributed by atoms with E-state index in [4.69, 9.17) is 0 Å². The van der Waals surface area contributed by atoms with Crippen molar-refractivity contribution in [2.45, 2.75) is 0 Å². The van der Waals surface area contributed by atoms with Gasteiger partial charge in [0.15, 0.2) is 0 Å². The van der Waals surface area contributed by atoms with Crippen LogP contribution in [0, 0.1) is 0 Å². The molecule has 0 amide bonds. The first kappa shape index (κ1) is 14.9. The lowest BCUT2D eigenvalue weighted by Crippen LogP contribution is -2.11. The second kappa shape index (κ2) is 6.80. The van der Waals surface area contributed by atoms with Crippen molar-refractivity contribution >= 4 is 29.2 Å². The number of hydrogen-bond donors (Lipinski definition) is 0. The smallest absolute Gasteiger partial charge is 0.0539 e. The molecule has 0 aliphatic carbocycles. The van der Waals surface area contributed by atoms with Crippen molar-refractivity contribution in [2.75, 3.05) is 4.90 Å². The third-order valence-electron chi connectivity index (χ3n) is 3.81. The number of hydrogen-bond acceptors (Lipinski definition) is 1. The van der Waals surface area contributed by atoms with Crippen LogP contribution in [-0.4, -0.2) is 0 Å². The van der Waals surface area contributed by atoms with Crippen LogP contribution in [0.3, 0.4) is 0 Å². The van der Waals surface area contributed by atoms with E-state index in [1.807, 2.05) is 24.3 Å². The maximum absolute atomic E-state index is 4.00. The van der Waals surface area contributed by atoms with Crippen LogP contribution < -0.4 is 4.90 Å². The fraction of sp³-hybridized carbons (Fsp3) is 0. The molecule has 0 unspecified atom stereocenters. The summed E-state index contributed by atoms with van der Waals surface area (Å²) in [7, 11) is 0. The third-order valence-corrected chi connectivity index (χ3v) is 3.81. The molecule has 112 valence electrons. The van der Waals surface area contributed by atoms with E-state index in [0.717, 1.165) is 28.2 Å². The van der Waals surface area contributed by atoms with Crippen LogP contribution in [0.2, 0.25) is 0 Å². The number of nitrogens with zero attached hydrogens (tertiary/aromatic N) is 1. The lowest BCUT2D eigenvalue weighted by molar-refractivity contribution is 1.27. The Hall–Kier alpha value is -3.06. The van der Waals surface area contributed by atoms with Crippen molar-refractivity contribution in [1.82, 2.24) is 0 Å². The summed E-state index contributed by atoms with van der Waals surface area (Å²) in [5.41, 5.74) is 5.48. The normalized spacial score (nSPS) is 10.1. The number of benzene rings is 3. The second-order valence-electron chi connectivity index (χ2n) is 5.19. The van der Waals surface area contributed by atoms with Crippen LogP contribution in [-0.2, 0) is 0 Å². The highest BCUT2D eigenvalue weighted by molar-refractivity contribution is 5.85. The first-order chi connectivity index (χ1) is 11.3. The van der Waals surface area contributed by atoms with Crippen molar-refractivity contribution in [3.63, 3.8) is 0 Å². The van der Waals surface area contributed by atoms with E-state index in [0.29, 0.717) is 0 Å². The molecule has 0 N–H and O–H groups in total. The van der Waals surface area contributed by atoms with Gasteiger partial charge in [0.1, 0.15) is 0 Å². The molecule has 0 atom stereocenters. The van der Waals surface area contributed by atoms with Gasteiger partial charge in [-0.15, -0.1) is 0 Å². The summed E-state index contributed by atoms with van der Waals surface area (Å²) in [6, 6.07) is 26.9. The largest absolute Gasteiger partial charge is 0.310 e. The predicted molar refractivity (Wildman–Crippen MR) is 101 cm³/mol. The van der Waals surface area contributed by atoms with Gasteiger partial charge in [0.05, 0.1) is 5.69 Å². The van der Waals surface area contributed by atoms with Gasteiger partial charge >= 0.3 is 0 Å². The predicted octanol–water partition coefficient (Wildman–Crippen LogP) is 6.44. The molecule has 1 nitrogen and oxygen atoms in total. The Bertz CT molecular complexity index is 764. The zero-order chi connectivity index (χ0) is 16.1. The minimum Gasteiger partial charge on any atom is -0.310 e. The highest BCUT2D eigenvalue weighted by Crippen LogP contribution is 2.37. The molecule has 0 aromatic heterocycles. The number of anilines is 3. The lowest BCUT2D eigenvalue weighted by Gasteiger charge is -2.27. The summed E-state index contributed by atoms with van der Waals surface area (Å²) in [5.74, 6) is 0. The van der Waals surface area contributed by atoms with E-state index in [-0.39, 0.29) is 0 Å². The molecule has 0 spiro atoms. The van der Waals surface area contributed by atoms with Gasteiger partial charge in [0.25, 0.3) is 0 Å². The molecule has 3 aromatic carbocycles. The Labute approximate surface area is 137 Å². The zero-order valence-electron chi connectivity index (χ0n) is 13.0. The molecular weight excluding hydrogens is 278 g/mol. The summed E-state index contributed by atoms with van der Waals surface area (Å²) < 4.78 is 0. The van der Waals surface area contributed by atoms with Gasteiger partial charge in [0.2, 0.25) is 0 Å². The Morgan fingerprint density at radius 3 is 1.65 bits per heavy atom. The van der Waals surface area contributed by atoms with Gasteiger partial charge < -0.3 is 4.90 Å². The highest BCUT2D eigenvalue weighted by Gasteiger charge is 2.15. The van der Waals surface area contributed by atoms with Gasteiger partial charge in [-0.05, 0) is 35.9 Å². The monoisotopic (exact) mass is 297 g/mol. The van der Waals surface area contributed by atoms with E-state index in [9.17, 15) is 0 Å². The molecule has 0 saturated carbocycles. The van der Waals surface area contributed by atoms with Gasteiger partial charge in [-0.3, -0.25) is 0 Å². The molecule has 3 aromatic rings. The fourth-order valence-corrected chi connectivity index (χ4v) is 2.75. The minimum absolute atomic E-state index is 1.08. The molecule has 0 fully saturated rings. The van der Waals surface area contributed by atoms with Crippen molar-refractivity contribution in [1.29, 1.82) is 0 Å². The summed E-state index contributed by atoms with van der Waals surface area (Å²) in [4.78, 5) is 2.24. The average Bonchev–Trinajstić information content (AvgIpc) is 2.63. The first-order valence-corrected chi connectivity index (χ1v) is 7.63. The third kappa shape index (κ3) is 2.95. The molecule has 0 radical (unpaired) electrons. The molecule has 0 aliphatic rings. The van der Waals surface area contributed by atoms with Crippen molar-refractivity contribution < 1.29 is 0 Å². The van der Waals surface area contributed by atoms with E-state index >= 15 is 0 Å². The van der Waals surface area contributed by atoms with Crippen LogP contribution in [0.4, 0.5) is 17.1 Å². The van der Waals surface area contributed by atoms with Crippen LogP contribution in [0.15, 0.2) is 92.0 Å². The van der Waals surface area contributed by atoms with E-state index in [1.54, 1.807) is 0 Å². The van der Waals surface area contributed by atoms with Crippen LogP contribution >= 0.6 is 0 Å². The Morgan fingerprint density at radius 1 is 0.609 bits per heavy atom. The second-order valence-corrected chi connectivity index (χ2v) is 5.19. The summed E-state index contributed by atoms with van der Waals surface area (Å²) in [5, 5.41) is 0. The van der Waals surface area contributed by atoms with Crippen molar-refractivity contribution in [3.05, 3.63) is 103 Å². The van der Waals surface area contributed by atoms with Crippen molar-refractivity contribution in [3.8, 4) is 0 Å². The molecular formula is C22H19N. The zero-order valence-corrected chi connectivity index (χ0v) is 13.0. The fourth-order valence-electron chi connectivity index (χ4n) is 2.75. The van der Waals surface area contributed by atoms with E-state index < -0.39 is 0 Å². The van der Waals surface area contributed by atoms with Gasteiger partial charge in [-0.2, -0.15) is 0 Å². The summed E-state index contributed by atoms with van der Waals surface area (Å²) in [6.07, 6.45) is 3.76. The van der Waals surface area contributed by atoms with Crippen LogP contribution in [0.5, 0.6) is 0 Å². The summed E-state index contributed by atoms with van der Waals surface area (Å²) in [6.45, 7) is 7.91.